The zero-order chi connectivity index (χ0) is 9.30. The summed E-state index contributed by atoms with van der Waals surface area (Å²) < 4.78 is 0. The summed E-state index contributed by atoms with van der Waals surface area (Å²) in [4.78, 5) is 2.08. The van der Waals surface area contributed by atoms with E-state index in [9.17, 15) is 0 Å². The summed E-state index contributed by atoms with van der Waals surface area (Å²) in [5.74, 6) is 0.469. The summed E-state index contributed by atoms with van der Waals surface area (Å²) in [6, 6.07) is 0.389. The van der Waals surface area contributed by atoms with Gasteiger partial charge in [0, 0.05) is 6.04 Å². The fourth-order valence-electron chi connectivity index (χ4n) is 1.31. The molecule has 0 radical (unpaired) electrons. The monoisotopic (exact) mass is 185 g/mol. The van der Waals surface area contributed by atoms with Crippen molar-refractivity contribution >= 4 is 17.3 Å². The molecule has 0 aliphatic carbocycles. The highest BCUT2D eigenvalue weighted by Crippen LogP contribution is 2.22. The summed E-state index contributed by atoms with van der Waals surface area (Å²) >= 11 is 5.08. The molecule has 0 spiro atoms. The molecule has 1 aliphatic rings. The molecule has 1 heterocycles. The second-order valence-corrected chi connectivity index (χ2v) is 4.02. The first-order valence-electron chi connectivity index (χ1n) is 4.27. The van der Waals surface area contributed by atoms with Crippen molar-refractivity contribution in [2.24, 2.45) is 16.1 Å². The van der Waals surface area contributed by atoms with Gasteiger partial charge >= 0.3 is 0 Å². The molecule has 1 atom stereocenters. The van der Waals surface area contributed by atoms with E-state index in [1.54, 1.807) is 0 Å². The predicted octanol–water partition coefficient (Wildman–Crippen LogP) is 2.43. The molecular weight excluding hydrogens is 170 g/mol. The first kappa shape index (κ1) is 9.58. The van der Waals surface area contributed by atoms with Crippen LogP contribution in [0.5, 0.6) is 0 Å². The zero-order valence-electron chi connectivity index (χ0n) is 7.98. The summed E-state index contributed by atoms with van der Waals surface area (Å²) in [5, 5.41) is 8.68. The van der Waals surface area contributed by atoms with E-state index >= 15 is 0 Å². The van der Waals surface area contributed by atoms with Crippen molar-refractivity contribution in [3.8, 4) is 0 Å². The minimum atomic E-state index is 0.150. The maximum atomic E-state index is 5.08. The van der Waals surface area contributed by atoms with Gasteiger partial charge in [0.05, 0.1) is 0 Å². The van der Waals surface area contributed by atoms with Gasteiger partial charge in [-0.15, -0.1) is 5.11 Å². The van der Waals surface area contributed by atoms with E-state index in [4.69, 9.17) is 12.2 Å². The van der Waals surface area contributed by atoms with Crippen LogP contribution >= 0.6 is 12.2 Å². The van der Waals surface area contributed by atoms with Crippen molar-refractivity contribution in [2.75, 3.05) is 0 Å². The van der Waals surface area contributed by atoms with Crippen LogP contribution in [0, 0.1) is 5.92 Å². The summed E-state index contributed by atoms with van der Waals surface area (Å²) in [5.41, 5.74) is 0. The second kappa shape index (κ2) is 3.47. The minimum Gasteiger partial charge on any atom is -0.320 e. The first-order valence-corrected chi connectivity index (χ1v) is 4.68. The van der Waals surface area contributed by atoms with Gasteiger partial charge in [-0.05, 0) is 32.0 Å². The van der Waals surface area contributed by atoms with Gasteiger partial charge < -0.3 is 4.90 Å². The molecule has 3 nitrogen and oxygen atoms in total. The Bertz CT molecular complexity index is 210. The molecule has 0 bridgehead atoms. The molecule has 1 rings (SSSR count). The van der Waals surface area contributed by atoms with Crippen LogP contribution < -0.4 is 0 Å². The van der Waals surface area contributed by atoms with Crippen LogP contribution in [0.4, 0.5) is 0 Å². The van der Waals surface area contributed by atoms with E-state index in [-0.39, 0.29) is 6.17 Å². The fourth-order valence-corrected chi connectivity index (χ4v) is 1.68. The van der Waals surface area contributed by atoms with Crippen LogP contribution in [-0.4, -0.2) is 22.2 Å². The van der Waals surface area contributed by atoms with Crippen LogP contribution in [-0.2, 0) is 0 Å². The third kappa shape index (κ3) is 1.63. The maximum absolute atomic E-state index is 5.08. The highest BCUT2D eigenvalue weighted by Gasteiger charge is 2.30. The number of hydrogen-bond acceptors (Lipinski definition) is 2. The van der Waals surface area contributed by atoms with Gasteiger partial charge in [0.15, 0.2) is 0 Å². The van der Waals surface area contributed by atoms with Gasteiger partial charge in [0.25, 0.3) is 0 Å². The first-order chi connectivity index (χ1) is 5.54. The number of nitrogens with zero attached hydrogens (tertiary/aromatic N) is 3. The maximum Gasteiger partial charge on any atom is 0.218 e. The lowest BCUT2D eigenvalue weighted by Gasteiger charge is -2.29. The number of thiocarbonyl (C=S) groups is 1. The van der Waals surface area contributed by atoms with Crippen molar-refractivity contribution in [3.05, 3.63) is 0 Å². The molecule has 1 unspecified atom stereocenters. The minimum absolute atomic E-state index is 0.150. The van der Waals surface area contributed by atoms with Gasteiger partial charge in [-0.1, -0.05) is 13.8 Å². The molecule has 0 N–H and O–H groups in total. The van der Waals surface area contributed by atoms with Gasteiger partial charge in [-0.25, -0.2) is 0 Å². The quantitative estimate of drug-likeness (QED) is 0.618. The largest absolute Gasteiger partial charge is 0.320 e. The Morgan fingerprint density at radius 3 is 2.25 bits per heavy atom. The van der Waals surface area contributed by atoms with Gasteiger partial charge in [-0.3, -0.25) is 0 Å². The molecule has 68 valence electrons. The topological polar surface area (TPSA) is 28.0 Å². The summed E-state index contributed by atoms with van der Waals surface area (Å²) in [7, 11) is 0. The van der Waals surface area contributed by atoms with E-state index in [2.05, 4.69) is 42.8 Å². The van der Waals surface area contributed by atoms with Gasteiger partial charge in [0.2, 0.25) is 5.11 Å². The third-order valence-electron chi connectivity index (χ3n) is 1.92. The number of hydrogen-bond donors (Lipinski definition) is 0. The molecule has 4 heteroatoms. The Morgan fingerprint density at radius 2 is 1.92 bits per heavy atom. The Labute approximate surface area is 78.9 Å². The van der Waals surface area contributed by atoms with Crippen molar-refractivity contribution in [2.45, 2.75) is 39.9 Å². The lowest BCUT2D eigenvalue weighted by atomic mass is 10.1. The second-order valence-electron chi connectivity index (χ2n) is 3.66. The summed E-state index contributed by atoms with van der Waals surface area (Å²) in [6.07, 6.45) is 0.150. The molecule has 0 saturated carbocycles. The molecule has 0 saturated heterocycles. The SMILES string of the molecule is CC(C)C1N=NC(=S)N1C(C)C. The molecule has 0 aromatic rings. The third-order valence-corrected chi connectivity index (χ3v) is 2.21. The van der Waals surface area contributed by atoms with Gasteiger partial charge in [-0.2, -0.15) is 5.11 Å². The van der Waals surface area contributed by atoms with Crippen molar-refractivity contribution in [3.63, 3.8) is 0 Å². The van der Waals surface area contributed by atoms with Crippen LogP contribution in [0.2, 0.25) is 0 Å². The average Bonchev–Trinajstić information content (AvgIpc) is 2.30. The van der Waals surface area contributed by atoms with Crippen molar-refractivity contribution < 1.29 is 0 Å². The normalized spacial score (nSPS) is 23.3. The fraction of sp³-hybridized carbons (Fsp3) is 0.875. The van der Waals surface area contributed by atoms with E-state index in [0.717, 1.165) is 0 Å². The Hall–Kier alpha value is -0.510. The van der Waals surface area contributed by atoms with E-state index in [1.165, 1.54) is 0 Å². The van der Waals surface area contributed by atoms with E-state index in [1.807, 2.05) is 0 Å². The van der Waals surface area contributed by atoms with Crippen LogP contribution in [0.15, 0.2) is 10.2 Å². The molecule has 12 heavy (non-hydrogen) atoms. The Kier molecular flexibility index (Phi) is 2.77. The molecule has 1 aliphatic heterocycles. The van der Waals surface area contributed by atoms with Crippen LogP contribution in [0.3, 0.4) is 0 Å². The summed E-state index contributed by atoms with van der Waals surface area (Å²) in [6.45, 7) is 8.48. The van der Waals surface area contributed by atoms with E-state index < -0.39 is 0 Å². The van der Waals surface area contributed by atoms with Crippen LogP contribution in [0.25, 0.3) is 0 Å². The number of rotatable bonds is 2. The number of azo groups is 1. The van der Waals surface area contributed by atoms with Crippen LogP contribution in [0.1, 0.15) is 27.7 Å². The highest BCUT2D eigenvalue weighted by atomic mass is 32.1. The molecular formula is C8H15N3S. The van der Waals surface area contributed by atoms with Crippen molar-refractivity contribution in [1.82, 2.24) is 4.90 Å². The van der Waals surface area contributed by atoms with Gasteiger partial charge in [0.1, 0.15) is 6.17 Å². The lowest BCUT2D eigenvalue weighted by molar-refractivity contribution is 0.233. The lowest BCUT2D eigenvalue weighted by Crippen LogP contribution is -2.41. The highest BCUT2D eigenvalue weighted by molar-refractivity contribution is 7.80. The Morgan fingerprint density at radius 1 is 1.33 bits per heavy atom. The smallest absolute Gasteiger partial charge is 0.218 e. The van der Waals surface area contributed by atoms with E-state index in [0.29, 0.717) is 17.1 Å². The average molecular weight is 185 g/mol. The standard InChI is InChI=1S/C8H15N3S/c1-5(2)7-9-10-8(12)11(7)6(3)4/h5-7H,1-4H3. The predicted molar refractivity (Wildman–Crippen MR) is 53.1 cm³/mol. The molecule has 0 aromatic carbocycles. The molecule has 0 amide bonds. The zero-order valence-corrected chi connectivity index (χ0v) is 8.80. The Balaban J connectivity index is 2.76. The molecule has 0 fully saturated rings. The molecule has 0 aromatic heterocycles. The van der Waals surface area contributed by atoms with Crippen molar-refractivity contribution in [1.29, 1.82) is 0 Å².